The van der Waals surface area contributed by atoms with Gasteiger partial charge in [-0.05, 0) is 30.2 Å². The number of carbonyl (C=O) groups excluding carboxylic acids is 2. The van der Waals surface area contributed by atoms with E-state index < -0.39 is 6.04 Å². The third-order valence-corrected chi connectivity index (χ3v) is 5.63. The third-order valence-electron chi connectivity index (χ3n) is 4.13. The first-order chi connectivity index (χ1) is 13.4. The van der Waals surface area contributed by atoms with Gasteiger partial charge in [-0.1, -0.05) is 48.0 Å². The molecule has 2 rings (SSSR count). The number of halogens is 1. The molecule has 0 heterocycles. The van der Waals surface area contributed by atoms with E-state index in [0.29, 0.717) is 17.3 Å². The molecule has 2 N–H and O–H groups in total. The van der Waals surface area contributed by atoms with Gasteiger partial charge in [0.1, 0.15) is 6.04 Å². The Bertz CT molecular complexity index is 801. The molecule has 2 amide bonds. The number of aliphatic hydroxyl groups is 1. The Morgan fingerprint density at radius 2 is 1.93 bits per heavy atom. The molecule has 2 aromatic rings. The molecular weight excluding hydrogens is 396 g/mol. The molecule has 1 atom stereocenters. The molecule has 0 radical (unpaired) electrons. The molecule has 0 aliphatic carbocycles. The number of aliphatic hydroxyl groups excluding tert-OH is 1. The highest BCUT2D eigenvalue weighted by Gasteiger charge is 2.25. The number of hydrogen-bond acceptors (Lipinski definition) is 4. The highest BCUT2D eigenvalue weighted by atomic mass is 35.5. The molecular formula is C21H25ClN2O3S. The van der Waals surface area contributed by atoms with Gasteiger partial charge in [0.2, 0.25) is 11.8 Å². The number of rotatable bonds is 9. The largest absolute Gasteiger partial charge is 0.395 e. The number of hydrogen-bond donors (Lipinski definition) is 2. The summed E-state index contributed by atoms with van der Waals surface area (Å²) in [6.45, 7) is 3.74. The molecule has 0 saturated carbocycles. The SMILES string of the molecule is CC(=O)NC(CSc1ccc(C)c(Cl)c1)C(=O)N(CCO)Cc1ccccc1. The Balaban J connectivity index is 2.12. The second-order valence-corrected chi connectivity index (χ2v) is 7.94. The van der Waals surface area contributed by atoms with Crippen LogP contribution < -0.4 is 5.32 Å². The monoisotopic (exact) mass is 420 g/mol. The van der Waals surface area contributed by atoms with Crippen molar-refractivity contribution in [2.45, 2.75) is 31.3 Å². The predicted molar refractivity (Wildman–Crippen MR) is 113 cm³/mol. The number of nitrogens with one attached hydrogen (secondary N) is 1. The molecule has 5 nitrogen and oxygen atoms in total. The number of amides is 2. The fraction of sp³-hybridized carbons (Fsp3) is 0.333. The first-order valence-corrected chi connectivity index (χ1v) is 10.4. The van der Waals surface area contributed by atoms with Crippen LogP contribution in [0.3, 0.4) is 0 Å². The molecule has 7 heteroatoms. The Kier molecular flexibility index (Phi) is 8.83. The van der Waals surface area contributed by atoms with E-state index in [1.807, 2.05) is 55.5 Å². The third kappa shape index (κ3) is 6.86. The fourth-order valence-electron chi connectivity index (χ4n) is 2.68. The molecule has 1 unspecified atom stereocenters. The molecule has 0 aromatic heterocycles. The summed E-state index contributed by atoms with van der Waals surface area (Å²) in [4.78, 5) is 27.2. The van der Waals surface area contributed by atoms with E-state index >= 15 is 0 Å². The van der Waals surface area contributed by atoms with E-state index in [9.17, 15) is 14.7 Å². The van der Waals surface area contributed by atoms with Crippen LogP contribution in [0.25, 0.3) is 0 Å². The van der Waals surface area contributed by atoms with Gasteiger partial charge in [0, 0.05) is 35.7 Å². The van der Waals surface area contributed by atoms with Gasteiger partial charge in [-0.15, -0.1) is 11.8 Å². The van der Waals surface area contributed by atoms with Crippen LogP contribution in [-0.4, -0.2) is 46.8 Å². The van der Waals surface area contributed by atoms with E-state index in [1.54, 1.807) is 4.90 Å². The summed E-state index contributed by atoms with van der Waals surface area (Å²) in [6, 6.07) is 14.6. The minimum absolute atomic E-state index is 0.147. The van der Waals surface area contributed by atoms with E-state index in [4.69, 9.17) is 11.6 Å². The summed E-state index contributed by atoms with van der Waals surface area (Å²) in [5.41, 5.74) is 1.95. The Morgan fingerprint density at radius 3 is 2.54 bits per heavy atom. The lowest BCUT2D eigenvalue weighted by Gasteiger charge is -2.27. The summed E-state index contributed by atoms with van der Waals surface area (Å²) in [7, 11) is 0. The summed E-state index contributed by atoms with van der Waals surface area (Å²) < 4.78 is 0. The maximum absolute atomic E-state index is 13.1. The Morgan fingerprint density at radius 1 is 1.21 bits per heavy atom. The summed E-state index contributed by atoms with van der Waals surface area (Å²) in [5.74, 6) is -0.127. The van der Waals surface area contributed by atoms with Crippen LogP contribution in [0.2, 0.25) is 5.02 Å². The van der Waals surface area contributed by atoms with Gasteiger partial charge in [0.25, 0.3) is 0 Å². The fourth-order valence-corrected chi connectivity index (χ4v) is 3.87. The quantitative estimate of drug-likeness (QED) is 0.611. The smallest absolute Gasteiger partial charge is 0.246 e. The first kappa shape index (κ1) is 22.3. The van der Waals surface area contributed by atoms with Crippen molar-refractivity contribution in [2.75, 3.05) is 18.9 Å². The lowest BCUT2D eigenvalue weighted by atomic mass is 10.2. The van der Waals surface area contributed by atoms with Crippen LogP contribution in [0, 0.1) is 6.92 Å². The first-order valence-electron chi connectivity index (χ1n) is 9.00. The van der Waals surface area contributed by atoms with Crippen LogP contribution in [-0.2, 0) is 16.1 Å². The van der Waals surface area contributed by atoms with Gasteiger partial charge >= 0.3 is 0 Å². The maximum atomic E-state index is 13.1. The van der Waals surface area contributed by atoms with E-state index in [1.165, 1.54) is 18.7 Å². The predicted octanol–water partition coefficient (Wildman–Crippen LogP) is 3.27. The number of thioether (sulfide) groups is 1. The van der Waals surface area contributed by atoms with Crippen molar-refractivity contribution >= 4 is 35.2 Å². The second-order valence-electron chi connectivity index (χ2n) is 6.44. The van der Waals surface area contributed by atoms with Crippen molar-refractivity contribution in [1.82, 2.24) is 10.2 Å². The highest BCUT2D eigenvalue weighted by Crippen LogP contribution is 2.25. The molecule has 28 heavy (non-hydrogen) atoms. The van der Waals surface area contributed by atoms with Crippen LogP contribution in [0.4, 0.5) is 0 Å². The minimum Gasteiger partial charge on any atom is -0.395 e. The van der Waals surface area contributed by atoms with Crippen molar-refractivity contribution in [1.29, 1.82) is 0 Å². The Labute approximate surface area is 175 Å². The van der Waals surface area contributed by atoms with Gasteiger partial charge in [-0.3, -0.25) is 9.59 Å². The zero-order valence-corrected chi connectivity index (χ0v) is 17.6. The molecule has 0 fully saturated rings. The van der Waals surface area contributed by atoms with Gasteiger partial charge < -0.3 is 15.3 Å². The van der Waals surface area contributed by atoms with Crippen molar-refractivity contribution in [3.05, 3.63) is 64.7 Å². The van der Waals surface area contributed by atoms with Gasteiger partial charge in [-0.2, -0.15) is 0 Å². The molecule has 2 aromatic carbocycles. The number of carbonyl (C=O) groups is 2. The van der Waals surface area contributed by atoms with Crippen LogP contribution in [0.15, 0.2) is 53.4 Å². The van der Waals surface area contributed by atoms with E-state index in [0.717, 1.165) is 16.0 Å². The number of aryl methyl sites for hydroxylation is 1. The van der Waals surface area contributed by atoms with Gasteiger partial charge in [0.15, 0.2) is 0 Å². The van der Waals surface area contributed by atoms with Crippen LogP contribution in [0.1, 0.15) is 18.1 Å². The zero-order valence-electron chi connectivity index (χ0n) is 16.0. The van der Waals surface area contributed by atoms with E-state index in [-0.39, 0.29) is 25.0 Å². The molecule has 0 spiro atoms. The van der Waals surface area contributed by atoms with Crippen LogP contribution in [0.5, 0.6) is 0 Å². The summed E-state index contributed by atoms with van der Waals surface area (Å²) in [5, 5.41) is 12.8. The summed E-state index contributed by atoms with van der Waals surface area (Å²) in [6.07, 6.45) is 0. The number of nitrogens with zero attached hydrogens (tertiary/aromatic N) is 1. The molecule has 0 aliphatic rings. The second kappa shape index (κ2) is 11.1. The topological polar surface area (TPSA) is 69.6 Å². The van der Waals surface area contributed by atoms with Crippen molar-refractivity contribution in [3.8, 4) is 0 Å². The number of benzene rings is 2. The lowest BCUT2D eigenvalue weighted by Crippen LogP contribution is -2.49. The maximum Gasteiger partial charge on any atom is 0.246 e. The zero-order chi connectivity index (χ0) is 20.5. The minimum atomic E-state index is -0.696. The summed E-state index contributed by atoms with van der Waals surface area (Å²) >= 11 is 7.63. The average Bonchev–Trinajstić information content (AvgIpc) is 2.67. The van der Waals surface area contributed by atoms with Crippen LogP contribution >= 0.6 is 23.4 Å². The van der Waals surface area contributed by atoms with Gasteiger partial charge in [0.05, 0.1) is 6.61 Å². The molecule has 0 bridgehead atoms. The highest BCUT2D eigenvalue weighted by molar-refractivity contribution is 7.99. The lowest BCUT2D eigenvalue weighted by molar-refractivity contribution is -0.136. The molecule has 150 valence electrons. The van der Waals surface area contributed by atoms with Crippen molar-refractivity contribution < 1.29 is 14.7 Å². The van der Waals surface area contributed by atoms with Gasteiger partial charge in [-0.25, -0.2) is 0 Å². The Hall–Kier alpha value is -2.02. The normalized spacial score (nSPS) is 11.7. The van der Waals surface area contributed by atoms with Crippen molar-refractivity contribution in [2.24, 2.45) is 0 Å². The average molecular weight is 421 g/mol. The van der Waals surface area contributed by atoms with E-state index in [2.05, 4.69) is 5.32 Å². The molecule has 0 aliphatic heterocycles. The van der Waals surface area contributed by atoms with Crippen molar-refractivity contribution in [3.63, 3.8) is 0 Å². The standard InChI is InChI=1S/C21H25ClN2O3S/c1-15-8-9-18(12-19(15)22)28-14-20(23-16(2)26)21(27)24(10-11-25)13-17-6-4-3-5-7-17/h3-9,12,20,25H,10-11,13-14H2,1-2H3,(H,23,26). The molecule has 0 saturated heterocycles.